The molecule has 5 heteroatoms. The molecule has 1 aliphatic carbocycles. The molecule has 1 N–H and O–H groups in total. The van der Waals surface area contributed by atoms with Gasteiger partial charge in [0.15, 0.2) is 9.84 Å². The number of nitrogens with one attached hydrogen (secondary N) is 1. The lowest BCUT2D eigenvalue weighted by Crippen LogP contribution is -2.54. The van der Waals surface area contributed by atoms with E-state index in [2.05, 4.69) is 31.0 Å². The van der Waals surface area contributed by atoms with Gasteiger partial charge >= 0.3 is 0 Å². The zero-order valence-electron chi connectivity index (χ0n) is 13.9. The van der Waals surface area contributed by atoms with Crippen LogP contribution in [0, 0.1) is 11.3 Å². The molecule has 4 nitrogen and oxygen atoms in total. The summed E-state index contributed by atoms with van der Waals surface area (Å²) in [6.07, 6.45) is 5.21. The van der Waals surface area contributed by atoms with Crippen LogP contribution in [0.3, 0.4) is 0 Å². The zero-order chi connectivity index (χ0) is 15.5. The van der Waals surface area contributed by atoms with Crippen molar-refractivity contribution in [1.82, 2.24) is 10.2 Å². The minimum atomic E-state index is -2.81. The van der Waals surface area contributed by atoms with Gasteiger partial charge < -0.3 is 5.32 Å². The van der Waals surface area contributed by atoms with Gasteiger partial charge in [0.05, 0.1) is 11.5 Å². The number of nitrogens with zero attached hydrogens (tertiary/aromatic N) is 1. The molecule has 0 aromatic carbocycles. The van der Waals surface area contributed by atoms with E-state index in [4.69, 9.17) is 0 Å². The van der Waals surface area contributed by atoms with Crippen molar-refractivity contribution in [2.45, 2.75) is 52.5 Å². The maximum absolute atomic E-state index is 11.8. The van der Waals surface area contributed by atoms with Crippen LogP contribution in [0.1, 0.15) is 46.5 Å². The van der Waals surface area contributed by atoms with Crippen LogP contribution >= 0.6 is 0 Å². The normalized spacial score (nSPS) is 37.5. The topological polar surface area (TPSA) is 49.4 Å². The second kappa shape index (κ2) is 6.97. The first kappa shape index (κ1) is 17.2. The summed E-state index contributed by atoms with van der Waals surface area (Å²) in [4.78, 5) is 2.43. The quantitative estimate of drug-likeness (QED) is 0.842. The SMILES string of the molecule is CCNCC1(CN2CCS(=O)(=O)CC2C)CCCC(C)C1. The molecule has 1 saturated heterocycles. The Bertz CT molecular complexity index is 438. The van der Waals surface area contributed by atoms with E-state index in [1.807, 2.05) is 0 Å². The molecule has 0 aromatic rings. The fourth-order valence-electron chi connectivity index (χ4n) is 4.22. The first-order valence-electron chi connectivity index (χ1n) is 8.51. The highest BCUT2D eigenvalue weighted by molar-refractivity contribution is 7.91. The van der Waals surface area contributed by atoms with Crippen LogP contribution in [0.4, 0.5) is 0 Å². The molecule has 2 aliphatic rings. The molecular weight excluding hydrogens is 284 g/mol. The van der Waals surface area contributed by atoms with E-state index >= 15 is 0 Å². The van der Waals surface area contributed by atoms with Crippen molar-refractivity contribution in [3.8, 4) is 0 Å². The second-order valence-electron chi connectivity index (χ2n) is 7.42. The third-order valence-corrected chi connectivity index (χ3v) is 7.08. The van der Waals surface area contributed by atoms with E-state index in [1.54, 1.807) is 0 Å². The summed E-state index contributed by atoms with van der Waals surface area (Å²) < 4.78 is 23.5. The Hall–Kier alpha value is -0.130. The molecule has 0 amide bonds. The molecule has 0 bridgehead atoms. The van der Waals surface area contributed by atoms with Crippen molar-refractivity contribution in [2.75, 3.05) is 37.7 Å². The van der Waals surface area contributed by atoms with Crippen molar-refractivity contribution in [3.63, 3.8) is 0 Å². The molecule has 2 rings (SSSR count). The van der Waals surface area contributed by atoms with Gasteiger partial charge in [0.25, 0.3) is 0 Å². The van der Waals surface area contributed by atoms with Gasteiger partial charge in [0, 0.05) is 25.7 Å². The predicted octanol–water partition coefficient (Wildman–Crippen LogP) is 1.91. The van der Waals surface area contributed by atoms with E-state index in [-0.39, 0.29) is 6.04 Å². The first-order chi connectivity index (χ1) is 9.86. The predicted molar refractivity (Wildman–Crippen MR) is 88.3 cm³/mol. The standard InChI is InChI=1S/C16H32N2O2S/c1-4-17-12-16(7-5-6-14(2)10-16)13-18-8-9-21(19,20)11-15(18)3/h14-15,17H,4-13H2,1-3H3. The van der Waals surface area contributed by atoms with Gasteiger partial charge in [0.1, 0.15) is 0 Å². The lowest BCUT2D eigenvalue weighted by molar-refractivity contribution is 0.0670. The van der Waals surface area contributed by atoms with E-state index in [0.717, 1.165) is 25.6 Å². The third-order valence-electron chi connectivity index (χ3n) is 5.28. The smallest absolute Gasteiger partial charge is 0.153 e. The fourth-order valence-corrected chi connectivity index (χ4v) is 5.84. The minimum absolute atomic E-state index is 0.166. The van der Waals surface area contributed by atoms with Gasteiger partial charge in [-0.2, -0.15) is 0 Å². The summed E-state index contributed by atoms with van der Waals surface area (Å²) in [5.74, 6) is 1.46. The van der Waals surface area contributed by atoms with Crippen LogP contribution in [-0.4, -0.2) is 57.0 Å². The summed E-state index contributed by atoms with van der Waals surface area (Å²) in [5.41, 5.74) is 0.336. The number of rotatable bonds is 5. The number of sulfone groups is 1. The third kappa shape index (κ3) is 4.67. The van der Waals surface area contributed by atoms with Gasteiger partial charge in [0.2, 0.25) is 0 Å². The van der Waals surface area contributed by atoms with Crippen molar-refractivity contribution < 1.29 is 8.42 Å². The van der Waals surface area contributed by atoms with Crippen molar-refractivity contribution in [3.05, 3.63) is 0 Å². The van der Waals surface area contributed by atoms with Crippen molar-refractivity contribution in [1.29, 1.82) is 0 Å². The van der Waals surface area contributed by atoms with E-state index in [0.29, 0.717) is 23.5 Å². The maximum atomic E-state index is 11.8. The summed E-state index contributed by atoms with van der Waals surface area (Å²) in [6.45, 7) is 10.5. The molecular formula is C16H32N2O2S. The molecule has 124 valence electrons. The average molecular weight is 317 g/mol. The van der Waals surface area contributed by atoms with E-state index < -0.39 is 9.84 Å². The molecule has 1 aliphatic heterocycles. The van der Waals surface area contributed by atoms with Gasteiger partial charge in [-0.1, -0.05) is 26.7 Å². The number of hydrogen-bond acceptors (Lipinski definition) is 4. The van der Waals surface area contributed by atoms with Crippen LogP contribution < -0.4 is 5.32 Å². The lowest BCUT2D eigenvalue weighted by Gasteiger charge is -2.46. The molecule has 3 unspecified atom stereocenters. The summed E-state index contributed by atoms with van der Waals surface area (Å²) >= 11 is 0. The first-order valence-corrected chi connectivity index (χ1v) is 10.3. The van der Waals surface area contributed by atoms with Crippen LogP contribution in [0.15, 0.2) is 0 Å². The average Bonchev–Trinajstić information content (AvgIpc) is 2.40. The van der Waals surface area contributed by atoms with Crippen molar-refractivity contribution in [2.24, 2.45) is 11.3 Å². The second-order valence-corrected chi connectivity index (χ2v) is 9.64. The highest BCUT2D eigenvalue weighted by atomic mass is 32.2. The zero-order valence-corrected chi connectivity index (χ0v) is 14.7. The maximum Gasteiger partial charge on any atom is 0.153 e. The Kier molecular flexibility index (Phi) is 5.71. The molecule has 2 fully saturated rings. The number of hydrogen-bond donors (Lipinski definition) is 1. The van der Waals surface area contributed by atoms with E-state index in [1.165, 1.54) is 25.7 Å². The molecule has 1 saturated carbocycles. The monoisotopic (exact) mass is 316 g/mol. The highest BCUT2D eigenvalue weighted by Gasteiger charge is 2.39. The van der Waals surface area contributed by atoms with Gasteiger partial charge in [-0.05, 0) is 37.6 Å². The molecule has 21 heavy (non-hydrogen) atoms. The fraction of sp³-hybridized carbons (Fsp3) is 1.00. The van der Waals surface area contributed by atoms with Gasteiger partial charge in [-0.3, -0.25) is 4.90 Å². The molecule has 0 radical (unpaired) electrons. The Balaban J connectivity index is 2.04. The van der Waals surface area contributed by atoms with Crippen molar-refractivity contribution >= 4 is 9.84 Å². The molecule has 0 spiro atoms. The Morgan fingerprint density at radius 3 is 2.71 bits per heavy atom. The minimum Gasteiger partial charge on any atom is -0.316 e. The molecule has 0 aromatic heterocycles. The lowest BCUT2D eigenvalue weighted by atomic mass is 9.69. The van der Waals surface area contributed by atoms with Crippen LogP contribution in [0.2, 0.25) is 0 Å². The van der Waals surface area contributed by atoms with Crippen LogP contribution in [0.25, 0.3) is 0 Å². The van der Waals surface area contributed by atoms with E-state index in [9.17, 15) is 8.42 Å². The highest BCUT2D eigenvalue weighted by Crippen LogP contribution is 2.40. The van der Waals surface area contributed by atoms with Crippen LogP contribution in [-0.2, 0) is 9.84 Å². The van der Waals surface area contributed by atoms with Gasteiger partial charge in [-0.15, -0.1) is 0 Å². The Labute approximate surface area is 130 Å². The summed E-state index contributed by atoms with van der Waals surface area (Å²) in [7, 11) is -2.81. The molecule has 3 atom stereocenters. The summed E-state index contributed by atoms with van der Waals surface area (Å²) in [6, 6.07) is 0.166. The Morgan fingerprint density at radius 1 is 1.33 bits per heavy atom. The van der Waals surface area contributed by atoms with Crippen LogP contribution in [0.5, 0.6) is 0 Å². The Morgan fingerprint density at radius 2 is 2.10 bits per heavy atom. The largest absolute Gasteiger partial charge is 0.316 e. The molecule has 1 heterocycles. The summed E-state index contributed by atoms with van der Waals surface area (Å²) in [5, 5.41) is 3.56. The van der Waals surface area contributed by atoms with Gasteiger partial charge in [-0.25, -0.2) is 8.42 Å².